The molecule has 1 aliphatic heterocycles. The third-order valence-corrected chi connectivity index (χ3v) is 3.32. The van der Waals surface area contributed by atoms with Crippen LogP contribution in [-0.4, -0.2) is 26.7 Å². The maximum absolute atomic E-state index is 3.30. The van der Waals surface area contributed by atoms with E-state index in [2.05, 4.69) is 42.3 Å². The van der Waals surface area contributed by atoms with Crippen molar-refractivity contribution < 1.29 is 0 Å². The molecule has 2 heteroatoms. The van der Waals surface area contributed by atoms with Crippen LogP contribution < -0.4 is 10.2 Å². The SMILES string of the molecule is CCN1CC(CNC)c2c(C)cccc21. The summed E-state index contributed by atoms with van der Waals surface area (Å²) in [4.78, 5) is 2.48. The summed E-state index contributed by atoms with van der Waals surface area (Å²) < 4.78 is 0. The van der Waals surface area contributed by atoms with Gasteiger partial charge < -0.3 is 10.2 Å². The molecule has 0 amide bonds. The molecule has 0 bridgehead atoms. The Balaban J connectivity index is 2.39. The molecule has 0 saturated carbocycles. The largest absolute Gasteiger partial charge is 0.371 e. The van der Waals surface area contributed by atoms with E-state index < -0.39 is 0 Å². The van der Waals surface area contributed by atoms with E-state index >= 15 is 0 Å². The lowest BCUT2D eigenvalue weighted by molar-refractivity contribution is 0.642. The number of anilines is 1. The second-order valence-corrected chi connectivity index (χ2v) is 4.30. The summed E-state index contributed by atoms with van der Waals surface area (Å²) in [5.41, 5.74) is 4.43. The van der Waals surface area contributed by atoms with Gasteiger partial charge in [-0.1, -0.05) is 12.1 Å². The van der Waals surface area contributed by atoms with Crippen molar-refractivity contribution in [1.82, 2.24) is 5.32 Å². The van der Waals surface area contributed by atoms with Crippen LogP contribution in [0.3, 0.4) is 0 Å². The Hall–Kier alpha value is -1.02. The fraction of sp³-hybridized carbons (Fsp3) is 0.538. The van der Waals surface area contributed by atoms with E-state index in [0.29, 0.717) is 5.92 Å². The zero-order chi connectivity index (χ0) is 10.8. The molecule has 0 fully saturated rings. The first kappa shape index (κ1) is 10.5. The zero-order valence-corrected chi connectivity index (χ0v) is 9.88. The standard InChI is InChI=1S/C13H20N2/c1-4-15-9-11(8-14-3)13-10(2)6-5-7-12(13)15/h5-7,11,14H,4,8-9H2,1-3H3. The Morgan fingerprint density at radius 2 is 2.27 bits per heavy atom. The Morgan fingerprint density at radius 1 is 1.47 bits per heavy atom. The average molecular weight is 204 g/mol. The van der Waals surface area contributed by atoms with Crippen LogP contribution in [0.4, 0.5) is 5.69 Å². The molecule has 0 aliphatic carbocycles. The predicted molar refractivity (Wildman–Crippen MR) is 65.7 cm³/mol. The van der Waals surface area contributed by atoms with E-state index in [9.17, 15) is 0 Å². The molecule has 2 nitrogen and oxygen atoms in total. The Kier molecular flexibility index (Phi) is 2.96. The van der Waals surface area contributed by atoms with E-state index in [4.69, 9.17) is 0 Å². The molecule has 1 heterocycles. The molecule has 15 heavy (non-hydrogen) atoms. The van der Waals surface area contributed by atoms with Gasteiger partial charge in [-0.2, -0.15) is 0 Å². The molecule has 0 saturated heterocycles. The highest BCUT2D eigenvalue weighted by molar-refractivity contribution is 5.63. The molecular formula is C13H20N2. The number of aryl methyl sites for hydroxylation is 1. The number of nitrogens with zero attached hydrogens (tertiary/aromatic N) is 1. The number of rotatable bonds is 3. The quantitative estimate of drug-likeness (QED) is 0.811. The second kappa shape index (κ2) is 4.23. The highest BCUT2D eigenvalue weighted by atomic mass is 15.2. The molecule has 82 valence electrons. The molecule has 2 rings (SSSR count). The van der Waals surface area contributed by atoms with Gasteiger partial charge in [-0.25, -0.2) is 0 Å². The molecule has 1 aromatic rings. The summed E-state index contributed by atoms with van der Waals surface area (Å²) in [5, 5.41) is 3.30. The van der Waals surface area contributed by atoms with Crippen LogP contribution in [0.1, 0.15) is 24.0 Å². The summed E-state index contributed by atoms with van der Waals surface area (Å²) in [6.07, 6.45) is 0. The van der Waals surface area contributed by atoms with Gasteiger partial charge in [0.1, 0.15) is 0 Å². The van der Waals surface area contributed by atoms with Crippen molar-refractivity contribution in [3.05, 3.63) is 29.3 Å². The summed E-state index contributed by atoms with van der Waals surface area (Å²) in [6, 6.07) is 6.64. The lowest BCUT2D eigenvalue weighted by Crippen LogP contribution is -2.25. The van der Waals surface area contributed by atoms with Gasteiger partial charge in [-0.15, -0.1) is 0 Å². The lowest BCUT2D eigenvalue weighted by atomic mass is 9.97. The first-order chi connectivity index (χ1) is 7.27. The normalized spacial score (nSPS) is 19.4. The second-order valence-electron chi connectivity index (χ2n) is 4.30. The van der Waals surface area contributed by atoms with Gasteiger partial charge in [-0.05, 0) is 38.1 Å². The monoisotopic (exact) mass is 204 g/mol. The molecule has 1 aromatic carbocycles. The third-order valence-electron chi connectivity index (χ3n) is 3.32. The topological polar surface area (TPSA) is 15.3 Å². The zero-order valence-electron chi connectivity index (χ0n) is 9.88. The fourth-order valence-electron chi connectivity index (χ4n) is 2.64. The average Bonchev–Trinajstić information content (AvgIpc) is 2.59. The number of hydrogen-bond acceptors (Lipinski definition) is 2. The molecule has 1 aliphatic rings. The fourth-order valence-corrected chi connectivity index (χ4v) is 2.64. The minimum atomic E-state index is 0.658. The van der Waals surface area contributed by atoms with E-state index in [0.717, 1.165) is 19.6 Å². The van der Waals surface area contributed by atoms with Crippen LogP contribution in [0.15, 0.2) is 18.2 Å². The molecule has 0 spiro atoms. The number of nitrogens with one attached hydrogen (secondary N) is 1. The van der Waals surface area contributed by atoms with Crippen LogP contribution in [0.25, 0.3) is 0 Å². The molecule has 0 radical (unpaired) electrons. The number of hydrogen-bond donors (Lipinski definition) is 1. The summed E-state index contributed by atoms with van der Waals surface area (Å²) in [7, 11) is 2.03. The van der Waals surface area contributed by atoms with E-state index in [1.807, 2.05) is 7.05 Å². The first-order valence-electron chi connectivity index (χ1n) is 5.77. The summed E-state index contributed by atoms with van der Waals surface area (Å²) >= 11 is 0. The van der Waals surface area contributed by atoms with Crippen LogP contribution in [0.5, 0.6) is 0 Å². The van der Waals surface area contributed by atoms with Gasteiger partial charge in [-0.3, -0.25) is 0 Å². The van der Waals surface area contributed by atoms with Crippen molar-refractivity contribution in [3.63, 3.8) is 0 Å². The number of fused-ring (bicyclic) bond motifs is 1. The van der Waals surface area contributed by atoms with Gasteiger partial charge in [0.25, 0.3) is 0 Å². The molecule has 1 unspecified atom stereocenters. The number of likely N-dealkylation sites (N-methyl/N-ethyl adjacent to an activating group) is 2. The van der Waals surface area contributed by atoms with Gasteiger partial charge in [0.2, 0.25) is 0 Å². The summed E-state index contributed by atoms with van der Waals surface area (Å²) in [6.45, 7) is 7.80. The Labute approximate surface area is 92.3 Å². The molecule has 1 atom stereocenters. The van der Waals surface area contributed by atoms with Crippen molar-refractivity contribution >= 4 is 5.69 Å². The minimum Gasteiger partial charge on any atom is -0.371 e. The van der Waals surface area contributed by atoms with Gasteiger partial charge in [0.05, 0.1) is 0 Å². The molecular weight excluding hydrogens is 184 g/mol. The Bertz CT molecular complexity index is 346. The highest BCUT2D eigenvalue weighted by Crippen LogP contribution is 2.37. The maximum Gasteiger partial charge on any atom is 0.0405 e. The Morgan fingerprint density at radius 3 is 2.93 bits per heavy atom. The van der Waals surface area contributed by atoms with Crippen LogP contribution in [0, 0.1) is 6.92 Å². The molecule has 1 N–H and O–H groups in total. The van der Waals surface area contributed by atoms with Crippen molar-refractivity contribution in [2.75, 3.05) is 31.6 Å². The van der Waals surface area contributed by atoms with Gasteiger partial charge >= 0.3 is 0 Å². The maximum atomic E-state index is 3.30. The van der Waals surface area contributed by atoms with Crippen molar-refractivity contribution in [3.8, 4) is 0 Å². The predicted octanol–water partition coefficient (Wildman–Crippen LogP) is 2.14. The third kappa shape index (κ3) is 1.74. The van der Waals surface area contributed by atoms with E-state index in [1.54, 1.807) is 5.56 Å². The van der Waals surface area contributed by atoms with E-state index in [1.165, 1.54) is 11.3 Å². The lowest BCUT2D eigenvalue weighted by Gasteiger charge is -2.16. The highest BCUT2D eigenvalue weighted by Gasteiger charge is 2.28. The molecule has 0 aromatic heterocycles. The van der Waals surface area contributed by atoms with Crippen molar-refractivity contribution in [1.29, 1.82) is 0 Å². The van der Waals surface area contributed by atoms with Gasteiger partial charge in [0, 0.05) is 31.2 Å². The van der Waals surface area contributed by atoms with Crippen molar-refractivity contribution in [2.45, 2.75) is 19.8 Å². The van der Waals surface area contributed by atoms with Crippen molar-refractivity contribution in [2.24, 2.45) is 0 Å². The van der Waals surface area contributed by atoms with Crippen LogP contribution >= 0.6 is 0 Å². The van der Waals surface area contributed by atoms with Crippen LogP contribution in [-0.2, 0) is 0 Å². The first-order valence-corrected chi connectivity index (χ1v) is 5.77. The minimum absolute atomic E-state index is 0.658. The van der Waals surface area contributed by atoms with E-state index in [-0.39, 0.29) is 0 Å². The van der Waals surface area contributed by atoms with Gasteiger partial charge in [0.15, 0.2) is 0 Å². The van der Waals surface area contributed by atoms with Crippen LogP contribution in [0.2, 0.25) is 0 Å². The smallest absolute Gasteiger partial charge is 0.0405 e. The summed E-state index contributed by atoms with van der Waals surface area (Å²) in [5.74, 6) is 0.658. The number of benzene rings is 1.